The standard InChI is InChI=1S/C25H24N2O/c1-2-3-12-25-26-23-10-6-7-11-24(23)27(25)17-19-13-15-20(16-14-19)22-9-5-4-8-21(22)18-28/h4-11,13-16,18H,2-3,12,17H2,1H3. The summed E-state index contributed by atoms with van der Waals surface area (Å²) in [6, 6.07) is 24.5. The Balaban J connectivity index is 1.65. The second-order valence-corrected chi connectivity index (χ2v) is 7.11. The Bertz CT molecular complexity index is 1090. The van der Waals surface area contributed by atoms with Crippen LogP contribution in [0.15, 0.2) is 72.8 Å². The van der Waals surface area contributed by atoms with Crippen molar-refractivity contribution >= 4 is 17.3 Å². The first kappa shape index (κ1) is 18.2. The number of carbonyl (C=O) groups excluding carboxylic acids is 1. The maximum absolute atomic E-state index is 11.3. The van der Waals surface area contributed by atoms with Crippen LogP contribution in [0.3, 0.4) is 0 Å². The lowest BCUT2D eigenvalue weighted by Gasteiger charge is -2.11. The molecule has 0 bridgehead atoms. The molecule has 0 aliphatic rings. The SMILES string of the molecule is CCCCc1nc2ccccc2n1Cc1ccc(-c2ccccc2C=O)cc1. The van der Waals surface area contributed by atoms with Gasteiger partial charge in [-0.05, 0) is 35.2 Å². The highest BCUT2D eigenvalue weighted by Gasteiger charge is 2.11. The van der Waals surface area contributed by atoms with E-state index in [1.165, 1.54) is 11.1 Å². The number of carbonyl (C=O) groups is 1. The van der Waals surface area contributed by atoms with E-state index >= 15 is 0 Å². The van der Waals surface area contributed by atoms with Gasteiger partial charge in [0.05, 0.1) is 11.0 Å². The van der Waals surface area contributed by atoms with E-state index in [-0.39, 0.29) is 0 Å². The van der Waals surface area contributed by atoms with Gasteiger partial charge < -0.3 is 4.57 Å². The van der Waals surface area contributed by atoms with Crippen molar-refractivity contribution in [1.82, 2.24) is 9.55 Å². The lowest BCUT2D eigenvalue weighted by molar-refractivity contribution is 0.112. The van der Waals surface area contributed by atoms with Gasteiger partial charge in [0.15, 0.2) is 6.29 Å². The zero-order valence-electron chi connectivity index (χ0n) is 16.1. The van der Waals surface area contributed by atoms with Crippen molar-refractivity contribution in [2.75, 3.05) is 0 Å². The van der Waals surface area contributed by atoms with E-state index in [0.717, 1.165) is 60.1 Å². The van der Waals surface area contributed by atoms with Gasteiger partial charge >= 0.3 is 0 Å². The van der Waals surface area contributed by atoms with Gasteiger partial charge in [-0.15, -0.1) is 0 Å². The van der Waals surface area contributed by atoms with Gasteiger partial charge in [0.2, 0.25) is 0 Å². The molecule has 1 heterocycles. The number of unbranched alkanes of at least 4 members (excludes halogenated alkanes) is 1. The zero-order chi connectivity index (χ0) is 19.3. The molecule has 140 valence electrons. The Morgan fingerprint density at radius 1 is 0.929 bits per heavy atom. The molecule has 4 rings (SSSR count). The quantitative estimate of drug-likeness (QED) is 0.380. The number of imidazole rings is 1. The highest BCUT2D eigenvalue weighted by molar-refractivity contribution is 5.87. The molecule has 28 heavy (non-hydrogen) atoms. The zero-order valence-corrected chi connectivity index (χ0v) is 16.1. The Hall–Kier alpha value is -3.20. The van der Waals surface area contributed by atoms with Crippen LogP contribution >= 0.6 is 0 Å². The number of aldehydes is 1. The summed E-state index contributed by atoms with van der Waals surface area (Å²) in [4.78, 5) is 16.2. The van der Waals surface area contributed by atoms with Crippen LogP contribution in [0.25, 0.3) is 22.2 Å². The molecule has 0 amide bonds. The molecule has 0 spiro atoms. The Morgan fingerprint density at radius 2 is 1.68 bits per heavy atom. The third-order valence-corrected chi connectivity index (χ3v) is 5.18. The van der Waals surface area contributed by atoms with Gasteiger partial charge in [0.1, 0.15) is 5.82 Å². The van der Waals surface area contributed by atoms with Crippen molar-refractivity contribution in [3.8, 4) is 11.1 Å². The lowest BCUT2D eigenvalue weighted by Crippen LogP contribution is -2.05. The molecule has 4 aromatic rings. The number of rotatable bonds is 7. The fraction of sp³-hybridized carbons (Fsp3) is 0.200. The Labute approximate surface area is 165 Å². The molecule has 0 saturated heterocycles. The summed E-state index contributed by atoms with van der Waals surface area (Å²) in [7, 11) is 0. The molecular weight excluding hydrogens is 344 g/mol. The minimum atomic E-state index is 0.720. The second-order valence-electron chi connectivity index (χ2n) is 7.11. The first-order valence-electron chi connectivity index (χ1n) is 9.88. The summed E-state index contributed by atoms with van der Waals surface area (Å²) in [6.07, 6.45) is 4.22. The lowest BCUT2D eigenvalue weighted by atomic mass is 9.99. The van der Waals surface area contributed by atoms with Crippen molar-refractivity contribution in [2.45, 2.75) is 32.7 Å². The van der Waals surface area contributed by atoms with Crippen LogP contribution < -0.4 is 0 Å². The summed E-state index contributed by atoms with van der Waals surface area (Å²) in [5.74, 6) is 1.15. The number of aryl methyl sites for hydroxylation is 1. The van der Waals surface area contributed by atoms with E-state index in [0.29, 0.717) is 0 Å². The average Bonchev–Trinajstić information content (AvgIpc) is 3.10. The highest BCUT2D eigenvalue weighted by Crippen LogP contribution is 2.24. The number of para-hydroxylation sites is 2. The molecule has 1 aromatic heterocycles. The van der Waals surface area contributed by atoms with Crippen molar-refractivity contribution in [1.29, 1.82) is 0 Å². The van der Waals surface area contributed by atoms with Crippen molar-refractivity contribution in [3.05, 3.63) is 89.7 Å². The largest absolute Gasteiger partial charge is 0.323 e. The van der Waals surface area contributed by atoms with Gasteiger partial charge in [-0.3, -0.25) is 4.79 Å². The van der Waals surface area contributed by atoms with Crippen LogP contribution in [-0.2, 0) is 13.0 Å². The normalized spacial score (nSPS) is 11.0. The summed E-state index contributed by atoms with van der Waals surface area (Å²) in [5.41, 5.74) is 6.23. The fourth-order valence-electron chi connectivity index (χ4n) is 3.66. The van der Waals surface area contributed by atoms with Crippen molar-refractivity contribution < 1.29 is 4.79 Å². The summed E-state index contributed by atoms with van der Waals surface area (Å²) in [5, 5.41) is 0. The van der Waals surface area contributed by atoms with Crippen molar-refractivity contribution in [2.24, 2.45) is 0 Å². The van der Waals surface area contributed by atoms with E-state index < -0.39 is 0 Å². The highest BCUT2D eigenvalue weighted by atomic mass is 16.1. The van der Waals surface area contributed by atoms with Crippen LogP contribution in [0.5, 0.6) is 0 Å². The Morgan fingerprint density at radius 3 is 2.46 bits per heavy atom. The number of hydrogen-bond donors (Lipinski definition) is 0. The number of aromatic nitrogens is 2. The minimum Gasteiger partial charge on any atom is -0.323 e. The predicted octanol–water partition coefficient (Wildman–Crippen LogP) is 5.91. The Kier molecular flexibility index (Phi) is 5.34. The molecule has 0 aliphatic heterocycles. The molecule has 3 nitrogen and oxygen atoms in total. The molecule has 3 aromatic carbocycles. The first-order valence-corrected chi connectivity index (χ1v) is 9.88. The molecule has 0 atom stereocenters. The van der Waals surface area contributed by atoms with Gasteiger partial charge in [-0.1, -0.05) is 74.0 Å². The molecule has 0 fully saturated rings. The van der Waals surface area contributed by atoms with E-state index in [4.69, 9.17) is 4.98 Å². The maximum Gasteiger partial charge on any atom is 0.150 e. The number of benzene rings is 3. The van der Waals surface area contributed by atoms with E-state index in [1.807, 2.05) is 30.3 Å². The molecule has 0 radical (unpaired) electrons. The summed E-state index contributed by atoms with van der Waals surface area (Å²) < 4.78 is 2.33. The second kappa shape index (κ2) is 8.22. The van der Waals surface area contributed by atoms with Crippen LogP contribution in [0.4, 0.5) is 0 Å². The fourth-order valence-corrected chi connectivity index (χ4v) is 3.66. The molecule has 0 aliphatic carbocycles. The molecule has 0 N–H and O–H groups in total. The molecule has 3 heteroatoms. The molecular formula is C25H24N2O. The van der Waals surface area contributed by atoms with Gasteiger partial charge in [-0.25, -0.2) is 4.98 Å². The van der Waals surface area contributed by atoms with Crippen LogP contribution in [0.1, 0.15) is 41.5 Å². The molecule has 0 saturated carbocycles. The molecule has 0 unspecified atom stereocenters. The number of nitrogens with zero attached hydrogens (tertiary/aromatic N) is 2. The predicted molar refractivity (Wildman–Crippen MR) is 115 cm³/mol. The topological polar surface area (TPSA) is 34.9 Å². The van der Waals surface area contributed by atoms with E-state index in [9.17, 15) is 4.79 Å². The maximum atomic E-state index is 11.3. The van der Waals surface area contributed by atoms with Crippen molar-refractivity contribution in [3.63, 3.8) is 0 Å². The summed E-state index contributed by atoms with van der Waals surface area (Å²) in [6.45, 7) is 3.01. The third-order valence-electron chi connectivity index (χ3n) is 5.18. The third kappa shape index (κ3) is 3.61. The van der Waals surface area contributed by atoms with Gasteiger partial charge in [-0.2, -0.15) is 0 Å². The van der Waals surface area contributed by atoms with E-state index in [2.05, 4.69) is 54.0 Å². The van der Waals surface area contributed by atoms with Gasteiger partial charge in [0.25, 0.3) is 0 Å². The number of hydrogen-bond acceptors (Lipinski definition) is 2. The van der Waals surface area contributed by atoms with Crippen LogP contribution in [-0.4, -0.2) is 15.8 Å². The average molecular weight is 368 g/mol. The van der Waals surface area contributed by atoms with E-state index in [1.54, 1.807) is 0 Å². The van der Waals surface area contributed by atoms with Crippen LogP contribution in [0.2, 0.25) is 0 Å². The smallest absolute Gasteiger partial charge is 0.150 e. The number of fused-ring (bicyclic) bond motifs is 1. The first-order chi connectivity index (χ1) is 13.8. The van der Waals surface area contributed by atoms with Gasteiger partial charge in [0, 0.05) is 18.5 Å². The van der Waals surface area contributed by atoms with Crippen LogP contribution in [0, 0.1) is 0 Å². The monoisotopic (exact) mass is 368 g/mol. The minimum absolute atomic E-state index is 0.720. The summed E-state index contributed by atoms with van der Waals surface area (Å²) >= 11 is 0.